The lowest BCUT2D eigenvalue weighted by molar-refractivity contribution is -0.133. The molecule has 1 aliphatic heterocycles. The fraction of sp³-hybridized carbons (Fsp3) is 0.387. The van der Waals surface area contributed by atoms with Crippen LogP contribution < -0.4 is 21.7 Å². The maximum atomic E-state index is 14.0. The van der Waals surface area contributed by atoms with Crippen molar-refractivity contribution in [2.24, 2.45) is 5.73 Å². The van der Waals surface area contributed by atoms with E-state index < -0.39 is 48.0 Å². The number of para-hydroxylation sites is 1. The third kappa shape index (κ3) is 7.09. The van der Waals surface area contributed by atoms with E-state index in [0.717, 1.165) is 22.0 Å². The van der Waals surface area contributed by atoms with Crippen molar-refractivity contribution >= 4 is 28.6 Å². The topological polar surface area (TPSA) is 180 Å². The summed E-state index contributed by atoms with van der Waals surface area (Å²) in [5.74, 6) is -1.38. The van der Waals surface area contributed by atoms with Gasteiger partial charge >= 0.3 is 0 Å². The summed E-state index contributed by atoms with van der Waals surface area (Å²) in [4.78, 5) is 44.7. The summed E-state index contributed by atoms with van der Waals surface area (Å²) in [6, 6.07) is 13.5. The van der Waals surface area contributed by atoms with Crippen molar-refractivity contribution < 1.29 is 19.5 Å². The minimum atomic E-state index is -1.02. The van der Waals surface area contributed by atoms with Gasteiger partial charge in [-0.25, -0.2) is 4.68 Å². The van der Waals surface area contributed by atoms with Crippen LogP contribution in [0.2, 0.25) is 0 Å². The van der Waals surface area contributed by atoms with Crippen molar-refractivity contribution in [2.75, 3.05) is 6.54 Å². The summed E-state index contributed by atoms with van der Waals surface area (Å²) in [6.45, 7) is 1.99. The number of aliphatic hydroxyl groups is 1. The predicted octanol–water partition coefficient (Wildman–Crippen LogP) is 1.44. The van der Waals surface area contributed by atoms with Gasteiger partial charge in [-0.15, -0.1) is 5.10 Å². The first kappa shape index (κ1) is 29.9. The Balaban J connectivity index is 1.54. The largest absolute Gasteiger partial charge is 0.391 e. The number of amides is 3. The lowest BCUT2D eigenvalue weighted by Crippen LogP contribution is -2.55. The van der Waals surface area contributed by atoms with Crippen LogP contribution in [0.1, 0.15) is 55.1 Å². The number of nitrogens with two attached hydrogens (primary N) is 1. The van der Waals surface area contributed by atoms with Gasteiger partial charge < -0.3 is 31.8 Å². The maximum absolute atomic E-state index is 14.0. The second-order valence-electron chi connectivity index (χ2n) is 11.0. The number of carbonyl (C=O) groups excluding carboxylic acids is 3. The van der Waals surface area contributed by atoms with Gasteiger partial charge in [0.1, 0.15) is 29.9 Å². The standard InChI is InChI=1S/C31H38N8O4/c1-19(40)28-26-18-39(38-37-26)27(15-20-9-3-2-4-10-20)31(43)35-25(16-21-17-33-23-12-6-5-11-22(21)23)30(42)34-24(29(41)36-28)13-7-8-14-32/h2-6,9-12,17-19,24-25,27-28,33,40H,7-8,13-16,32H2,1H3,(H,34,42)(H,35,43)(H,36,41)/t19-,24+,25-,27+,28+/m0/s1. The lowest BCUT2D eigenvalue weighted by atomic mass is 10.0. The van der Waals surface area contributed by atoms with Crippen molar-refractivity contribution in [3.05, 3.63) is 83.8 Å². The molecule has 0 aliphatic carbocycles. The molecule has 3 amide bonds. The quantitative estimate of drug-likeness (QED) is 0.161. The van der Waals surface area contributed by atoms with E-state index in [1.165, 1.54) is 11.6 Å². The number of hydrogen-bond donors (Lipinski definition) is 6. The van der Waals surface area contributed by atoms with Crippen LogP contribution in [0.15, 0.2) is 67.0 Å². The van der Waals surface area contributed by atoms with Crippen LogP contribution in [0.25, 0.3) is 10.9 Å². The summed E-state index contributed by atoms with van der Waals surface area (Å²) in [5.41, 5.74) is 8.64. The van der Waals surface area contributed by atoms with E-state index in [1.807, 2.05) is 60.8 Å². The Bertz CT molecular complexity index is 1550. The normalized spacial score (nSPS) is 22.1. The monoisotopic (exact) mass is 586 g/mol. The van der Waals surface area contributed by atoms with Gasteiger partial charge in [0, 0.05) is 29.9 Å². The molecule has 0 saturated carbocycles. The number of fused-ring (bicyclic) bond motifs is 3. The molecular weight excluding hydrogens is 548 g/mol. The number of nitrogens with zero attached hydrogens (tertiary/aromatic N) is 3. The average Bonchev–Trinajstić information content (AvgIpc) is 3.65. The first-order valence-corrected chi connectivity index (χ1v) is 14.6. The highest BCUT2D eigenvalue weighted by Gasteiger charge is 2.34. The molecule has 2 bridgehead atoms. The number of aromatic nitrogens is 4. The molecule has 12 heteroatoms. The van der Waals surface area contributed by atoms with Crippen LogP contribution in [0.4, 0.5) is 0 Å². The van der Waals surface area contributed by atoms with E-state index in [4.69, 9.17) is 5.73 Å². The van der Waals surface area contributed by atoms with E-state index in [9.17, 15) is 19.5 Å². The molecule has 0 spiro atoms. The van der Waals surface area contributed by atoms with Gasteiger partial charge in [-0.2, -0.15) is 0 Å². The molecule has 2 aromatic heterocycles. The van der Waals surface area contributed by atoms with Crippen molar-refractivity contribution in [3.8, 4) is 0 Å². The second kappa shape index (κ2) is 13.6. The third-order valence-corrected chi connectivity index (χ3v) is 7.83. The number of nitrogens with one attached hydrogen (secondary N) is 4. The molecule has 2 aromatic carbocycles. The number of rotatable bonds is 9. The van der Waals surface area contributed by atoms with Gasteiger partial charge in [-0.1, -0.05) is 53.7 Å². The molecule has 3 heterocycles. The fourth-order valence-electron chi connectivity index (χ4n) is 5.46. The zero-order valence-corrected chi connectivity index (χ0v) is 24.1. The Morgan fingerprint density at radius 2 is 1.63 bits per heavy atom. The highest BCUT2D eigenvalue weighted by atomic mass is 16.3. The Morgan fingerprint density at radius 3 is 2.40 bits per heavy atom. The van der Waals surface area contributed by atoms with Crippen molar-refractivity contribution in [1.82, 2.24) is 35.9 Å². The van der Waals surface area contributed by atoms with Gasteiger partial charge in [-0.3, -0.25) is 14.4 Å². The smallest absolute Gasteiger partial charge is 0.245 e. The first-order chi connectivity index (χ1) is 20.8. The highest BCUT2D eigenvalue weighted by molar-refractivity contribution is 5.94. The van der Waals surface area contributed by atoms with E-state index in [1.54, 1.807) is 6.20 Å². The highest BCUT2D eigenvalue weighted by Crippen LogP contribution is 2.22. The van der Waals surface area contributed by atoms with Gasteiger partial charge in [-0.05, 0) is 49.9 Å². The van der Waals surface area contributed by atoms with Gasteiger partial charge in [0.25, 0.3) is 0 Å². The van der Waals surface area contributed by atoms with E-state index in [2.05, 4.69) is 31.2 Å². The molecular formula is C31H38N8O4. The van der Waals surface area contributed by atoms with Gasteiger partial charge in [0.05, 0.1) is 12.3 Å². The van der Waals surface area contributed by atoms with Crippen LogP contribution >= 0.6 is 0 Å². The predicted molar refractivity (Wildman–Crippen MR) is 161 cm³/mol. The van der Waals surface area contributed by atoms with E-state index in [0.29, 0.717) is 31.5 Å². The Hall–Kier alpha value is -4.55. The number of hydrogen-bond acceptors (Lipinski definition) is 7. The lowest BCUT2D eigenvalue weighted by Gasteiger charge is -2.26. The van der Waals surface area contributed by atoms with E-state index in [-0.39, 0.29) is 12.8 Å². The summed E-state index contributed by atoms with van der Waals surface area (Å²) in [5, 5.41) is 28.7. The summed E-state index contributed by atoms with van der Waals surface area (Å²) >= 11 is 0. The molecule has 226 valence electrons. The number of benzene rings is 2. The molecule has 0 saturated heterocycles. The van der Waals surface area contributed by atoms with Gasteiger partial charge in [0.2, 0.25) is 17.7 Å². The number of aliphatic hydroxyl groups excluding tert-OH is 1. The molecule has 43 heavy (non-hydrogen) atoms. The molecule has 4 aromatic rings. The minimum Gasteiger partial charge on any atom is -0.391 e. The van der Waals surface area contributed by atoms with E-state index >= 15 is 0 Å². The summed E-state index contributed by atoms with van der Waals surface area (Å²) in [6.07, 6.45) is 4.45. The fourth-order valence-corrected chi connectivity index (χ4v) is 5.46. The summed E-state index contributed by atoms with van der Waals surface area (Å²) < 4.78 is 1.43. The molecule has 7 N–H and O–H groups in total. The average molecular weight is 587 g/mol. The molecule has 5 atom stereocenters. The van der Waals surface area contributed by atoms with Crippen LogP contribution in [0.3, 0.4) is 0 Å². The Morgan fingerprint density at radius 1 is 0.907 bits per heavy atom. The van der Waals surface area contributed by atoms with Crippen molar-refractivity contribution in [2.45, 2.75) is 69.3 Å². The van der Waals surface area contributed by atoms with Crippen LogP contribution in [0.5, 0.6) is 0 Å². The molecule has 12 nitrogen and oxygen atoms in total. The third-order valence-electron chi connectivity index (χ3n) is 7.83. The molecule has 5 rings (SSSR count). The Kier molecular flexibility index (Phi) is 9.48. The SMILES string of the molecule is C[C@H](O)[C@H]1NC(=O)[C@@H](CCCCN)NC(=O)[C@H](Cc2c[nH]c3ccccc23)NC(=O)[C@@H](Cc2ccccc2)n2cc1nn2. The minimum absolute atomic E-state index is 0.190. The zero-order chi connectivity index (χ0) is 30.3. The van der Waals surface area contributed by atoms with Crippen molar-refractivity contribution in [1.29, 1.82) is 0 Å². The van der Waals surface area contributed by atoms with Crippen molar-refractivity contribution in [3.63, 3.8) is 0 Å². The van der Waals surface area contributed by atoms with Crippen LogP contribution in [-0.4, -0.2) is 67.5 Å². The van der Waals surface area contributed by atoms with Gasteiger partial charge in [0.15, 0.2) is 0 Å². The number of H-pyrrole nitrogens is 1. The molecule has 0 radical (unpaired) electrons. The second-order valence-corrected chi connectivity index (χ2v) is 11.0. The van der Waals surface area contributed by atoms with Crippen LogP contribution in [0, 0.1) is 0 Å². The summed E-state index contributed by atoms with van der Waals surface area (Å²) in [7, 11) is 0. The Labute approximate surface area is 249 Å². The van der Waals surface area contributed by atoms with Crippen LogP contribution in [-0.2, 0) is 27.2 Å². The maximum Gasteiger partial charge on any atom is 0.245 e. The molecule has 0 unspecified atom stereocenters. The first-order valence-electron chi connectivity index (χ1n) is 14.6. The number of carbonyl (C=O) groups is 3. The molecule has 1 aliphatic rings. The zero-order valence-electron chi connectivity index (χ0n) is 24.1. The number of aromatic amines is 1. The molecule has 0 fully saturated rings. The number of unbranched alkanes of at least 4 members (excludes halogenated alkanes) is 1.